The first-order valence-electron chi connectivity index (χ1n) is 5.25. The van der Waals surface area contributed by atoms with Crippen LogP contribution in [0.3, 0.4) is 0 Å². The Bertz CT molecular complexity index is 269. The molecule has 0 saturated carbocycles. The third kappa shape index (κ3) is 3.17. The Hall–Kier alpha value is -0.780. The molecule has 0 heterocycles. The summed E-state index contributed by atoms with van der Waals surface area (Å²) in [6, 6.07) is 0. The van der Waals surface area contributed by atoms with Gasteiger partial charge in [-0.2, -0.15) is 0 Å². The first-order chi connectivity index (χ1) is 6.29. The van der Waals surface area contributed by atoms with Crippen LogP contribution < -0.4 is 0 Å². The minimum absolute atomic E-state index is 1.41. The Morgan fingerprint density at radius 2 is 0.571 bits per heavy atom. The molecule has 0 heteroatoms. The van der Waals surface area contributed by atoms with Crippen molar-refractivity contribution < 1.29 is 0 Å². The first-order valence-corrected chi connectivity index (χ1v) is 5.25. The SMILES string of the molecule is CC(C)=C(C)C(C)=C(C)C(C)=C(C)C. The molecule has 0 radical (unpaired) electrons. The smallest absolute Gasteiger partial charge is 0.0392 e. The van der Waals surface area contributed by atoms with Crippen molar-refractivity contribution in [2.75, 3.05) is 0 Å². The maximum Gasteiger partial charge on any atom is -0.0392 e. The summed E-state index contributed by atoms with van der Waals surface area (Å²) in [5.74, 6) is 0. The van der Waals surface area contributed by atoms with Crippen molar-refractivity contribution in [3.63, 3.8) is 0 Å². The molecule has 0 fully saturated rings. The molecular formula is C14H24. The third-order valence-corrected chi connectivity index (χ3v) is 3.19. The van der Waals surface area contributed by atoms with E-state index in [0.717, 1.165) is 0 Å². The van der Waals surface area contributed by atoms with Gasteiger partial charge < -0.3 is 0 Å². The molecule has 80 valence electrons. The summed E-state index contributed by atoms with van der Waals surface area (Å²) < 4.78 is 0. The van der Waals surface area contributed by atoms with Crippen LogP contribution in [0.25, 0.3) is 0 Å². The van der Waals surface area contributed by atoms with Crippen LogP contribution in [0.4, 0.5) is 0 Å². The molecule has 0 bridgehead atoms. The number of hydrogen-bond donors (Lipinski definition) is 0. The lowest BCUT2D eigenvalue weighted by Crippen LogP contribution is -1.92. The second-order valence-electron chi connectivity index (χ2n) is 4.50. The highest BCUT2D eigenvalue weighted by Crippen LogP contribution is 2.23. The molecular weight excluding hydrogens is 168 g/mol. The average molecular weight is 192 g/mol. The molecule has 0 nitrogen and oxygen atoms in total. The quantitative estimate of drug-likeness (QED) is 0.538. The number of allylic oxidation sites excluding steroid dienone is 6. The molecule has 0 N–H and O–H groups in total. The van der Waals surface area contributed by atoms with E-state index in [9.17, 15) is 0 Å². The molecule has 14 heavy (non-hydrogen) atoms. The van der Waals surface area contributed by atoms with E-state index in [0.29, 0.717) is 0 Å². The Balaban J connectivity index is 5.37. The molecule has 0 aromatic carbocycles. The van der Waals surface area contributed by atoms with Crippen molar-refractivity contribution in [2.24, 2.45) is 0 Å². The van der Waals surface area contributed by atoms with Crippen molar-refractivity contribution in [1.29, 1.82) is 0 Å². The largest absolute Gasteiger partial charge is 0.0732 e. The fourth-order valence-corrected chi connectivity index (χ4v) is 1.31. The van der Waals surface area contributed by atoms with Gasteiger partial charge in [-0.25, -0.2) is 0 Å². The second kappa shape index (κ2) is 5.19. The predicted molar refractivity (Wildman–Crippen MR) is 66.5 cm³/mol. The molecule has 0 amide bonds. The van der Waals surface area contributed by atoms with Crippen molar-refractivity contribution in [2.45, 2.75) is 55.4 Å². The van der Waals surface area contributed by atoms with Crippen molar-refractivity contribution in [3.8, 4) is 0 Å². The standard InChI is InChI=1S/C14H24/c1-9(2)11(5)13(7)14(8)12(6)10(3)4/h1-8H3. The summed E-state index contributed by atoms with van der Waals surface area (Å²) in [5, 5.41) is 0. The van der Waals surface area contributed by atoms with Crippen molar-refractivity contribution in [1.82, 2.24) is 0 Å². The fraction of sp³-hybridized carbons (Fsp3) is 0.571. The van der Waals surface area contributed by atoms with Gasteiger partial charge in [0.15, 0.2) is 0 Å². The normalized spacial score (nSPS) is 12.0. The average Bonchev–Trinajstić information content (AvgIpc) is 2.12. The van der Waals surface area contributed by atoms with Gasteiger partial charge in [0.1, 0.15) is 0 Å². The van der Waals surface area contributed by atoms with E-state index in [2.05, 4.69) is 55.4 Å². The van der Waals surface area contributed by atoms with Crippen LogP contribution >= 0.6 is 0 Å². The van der Waals surface area contributed by atoms with E-state index < -0.39 is 0 Å². The van der Waals surface area contributed by atoms with Gasteiger partial charge in [0.2, 0.25) is 0 Å². The maximum atomic E-state index is 2.21. The predicted octanol–water partition coefficient (Wildman–Crippen LogP) is 5.04. The topological polar surface area (TPSA) is 0 Å². The Morgan fingerprint density at radius 3 is 0.714 bits per heavy atom. The van der Waals surface area contributed by atoms with E-state index in [4.69, 9.17) is 0 Å². The van der Waals surface area contributed by atoms with Crippen LogP contribution in [-0.4, -0.2) is 0 Å². The zero-order chi connectivity index (χ0) is 11.5. The van der Waals surface area contributed by atoms with E-state index in [1.165, 1.54) is 33.4 Å². The van der Waals surface area contributed by atoms with Crippen LogP contribution in [0.5, 0.6) is 0 Å². The van der Waals surface area contributed by atoms with E-state index >= 15 is 0 Å². The van der Waals surface area contributed by atoms with Gasteiger partial charge in [-0.05, 0) is 77.7 Å². The van der Waals surface area contributed by atoms with E-state index in [1.807, 2.05) is 0 Å². The van der Waals surface area contributed by atoms with Gasteiger partial charge in [0.25, 0.3) is 0 Å². The minimum atomic E-state index is 1.41. The zero-order valence-corrected chi connectivity index (χ0v) is 11.0. The molecule has 0 atom stereocenters. The number of hydrogen-bond acceptors (Lipinski definition) is 0. The molecule has 0 unspecified atom stereocenters. The molecule has 0 aliphatic heterocycles. The zero-order valence-electron chi connectivity index (χ0n) is 11.0. The first kappa shape index (κ1) is 13.2. The highest BCUT2D eigenvalue weighted by molar-refractivity contribution is 5.43. The van der Waals surface area contributed by atoms with Gasteiger partial charge in [0, 0.05) is 0 Å². The molecule has 0 spiro atoms. The summed E-state index contributed by atoms with van der Waals surface area (Å²) in [4.78, 5) is 0. The lowest BCUT2D eigenvalue weighted by molar-refractivity contribution is 1.14. The fourth-order valence-electron chi connectivity index (χ4n) is 1.31. The van der Waals surface area contributed by atoms with Crippen LogP contribution in [0.2, 0.25) is 0 Å². The van der Waals surface area contributed by atoms with E-state index in [-0.39, 0.29) is 0 Å². The molecule has 0 aromatic rings. The van der Waals surface area contributed by atoms with Gasteiger partial charge >= 0.3 is 0 Å². The lowest BCUT2D eigenvalue weighted by Gasteiger charge is -2.12. The molecule has 0 aliphatic carbocycles. The molecule has 0 rings (SSSR count). The summed E-state index contributed by atoms with van der Waals surface area (Å²) in [7, 11) is 0. The molecule has 0 aliphatic rings. The maximum absolute atomic E-state index is 2.21. The van der Waals surface area contributed by atoms with Crippen molar-refractivity contribution in [3.05, 3.63) is 33.4 Å². The minimum Gasteiger partial charge on any atom is -0.0732 e. The highest BCUT2D eigenvalue weighted by atomic mass is 14.1. The van der Waals surface area contributed by atoms with Gasteiger partial charge in [-0.1, -0.05) is 11.1 Å². The Kier molecular flexibility index (Phi) is 4.90. The highest BCUT2D eigenvalue weighted by Gasteiger charge is 2.03. The van der Waals surface area contributed by atoms with E-state index in [1.54, 1.807) is 0 Å². The van der Waals surface area contributed by atoms with Crippen LogP contribution in [0.1, 0.15) is 55.4 Å². The Labute approximate surface area is 89.4 Å². The summed E-state index contributed by atoms with van der Waals surface area (Å²) in [6.07, 6.45) is 0. The monoisotopic (exact) mass is 192 g/mol. The third-order valence-electron chi connectivity index (χ3n) is 3.19. The van der Waals surface area contributed by atoms with Gasteiger partial charge in [-0.3, -0.25) is 0 Å². The molecule has 0 saturated heterocycles. The molecule has 0 aromatic heterocycles. The summed E-state index contributed by atoms with van der Waals surface area (Å²) >= 11 is 0. The summed E-state index contributed by atoms with van der Waals surface area (Å²) in [5.41, 5.74) is 8.49. The van der Waals surface area contributed by atoms with Crippen LogP contribution in [0, 0.1) is 0 Å². The Morgan fingerprint density at radius 1 is 0.357 bits per heavy atom. The lowest BCUT2D eigenvalue weighted by atomic mass is 9.94. The van der Waals surface area contributed by atoms with Gasteiger partial charge in [0.05, 0.1) is 0 Å². The van der Waals surface area contributed by atoms with Gasteiger partial charge in [-0.15, -0.1) is 0 Å². The summed E-state index contributed by atoms with van der Waals surface area (Å²) in [6.45, 7) is 17.5. The second-order valence-corrected chi connectivity index (χ2v) is 4.50. The van der Waals surface area contributed by atoms with Crippen LogP contribution in [-0.2, 0) is 0 Å². The van der Waals surface area contributed by atoms with Crippen LogP contribution in [0.15, 0.2) is 33.4 Å². The van der Waals surface area contributed by atoms with Crippen molar-refractivity contribution >= 4 is 0 Å². The number of rotatable bonds is 2.